The van der Waals surface area contributed by atoms with Crippen LogP contribution in [0.2, 0.25) is 0 Å². The molecule has 0 aliphatic carbocycles. The second-order valence-corrected chi connectivity index (χ2v) is 7.60. The van der Waals surface area contributed by atoms with E-state index in [1.165, 1.54) is 18.2 Å². The molecule has 0 saturated heterocycles. The summed E-state index contributed by atoms with van der Waals surface area (Å²) in [6, 6.07) is 20.5. The second kappa shape index (κ2) is 11.6. The molecule has 8 nitrogen and oxygen atoms in total. The predicted octanol–water partition coefficient (Wildman–Crippen LogP) is 4.69. The SMILES string of the molecule is CCN(CC)C(=O)c1ccc(NC(=O)COc2ccc([N+](=O)[O-])cc2Cc2ccccc2)cc1. The predicted molar refractivity (Wildman–Crippen MR) is 130 cm³/mol. The maximum Gasteiger partial charge on any atom is 0.269 e. The Kier molecular flexibility index (Phi) is 8.34. The molecule has 0 unspecified atom stereocenters. The van der Waals surface area contributed by atoms with Crippen LogP contribution in [0.15, 0.2) is 72.8 Å². The molecular formula is C26H27N3O5. The van der Waals surface area contributed by atoms with E-state index in [0.29, 0.717) is 42.1 Å². The van der Waals surface area contributed by atoms with E-state index >= 15 is 0 Å². The first-order valence-electron chi connectivity index (χ1n) is 11.0. The Labute approximate surface area is 198 Å². The normalized spacial score (nSPS) is 10.4. The van der Waals surface area contributed by atoms with Crippen LogP contribution >= 0.6 is 0 Å². The lowest BCUT2D eigenvalue weighted by molar-refractivity contribution is -0.384. The zero-order chi connectivity index (χ0) is 24.5. The van der Waals surface area contributed by atoms with Crippen LogP contribution in [0.4, 0.5) is 11.4 Å². The van der Waals surface area contributed by atoms with Crippen molar-refractivity contribution in [1.29, 1.82) is 0 Å². The number of nitro groups is 1. The van der Waals surface area contributed by atoms with Crippen LogP contribution < -0.4 is 10.1 Å². The number of ether oxygens (including phenoxy) is 1. The zero-order valence-corrected chi connectivity index (χ0v) is 19.2. The number of nitrogens with zero attached hydrogens (tertiary/aromatic N) is 2. The quantitative estimate of drug-likeness (QED) is 0.349. The lowest BCUT2D eigenvalue weighted by Crippen LogP contribution is -2.30. The molecule has 0 bridgehead atoms. The third-order valence-electron chi connectivity index (χ3n) is 5.32. The summed E-state index contributed by atoms with van der Waals surface area (Å²) in [7, 11) is 0. The Balaban J connectivity index is 1.65. The summed E-state index contributed by atoms with van der Waals surface area (Å²) in [6.45, 7) is 4.83. The van der Waals surface area contributed by atoms with Gasteiger partial charge in [0.2, 0.25) is 0 Å². The van der Waals surface area contributed by atoms with Gasteiger partial charge in [-0.1, -0.05) is 30.3 Å². The van der Waals surface area contributed by atoms with Gasteiger partial charge < -0.3 is 15.0 Å². The van der Waals surface area contributed by atoms with Crippen molar-refractivity contribution in [3.05, 3.63) is 99.6 Å². The number of carbonyl (C=O) groups is 2. The maximum atomic E-state index is 12.4. The lowest BCUT2D eigenvalue weighted by Gasteiger charge is -2.18. The molecule has 0 aliphatic rings. The van der Waals surface area contributed by atoms with Gasteiger partial charge in [0.05, 0.1) is 4.92 Å². The Morgan fingerprint density at radius 2 is 1.65 bits per heavy atom. The van der Waals surface area contributed by atoms with E-state index < -0.39 is 4.92 Å². The molecule has 0 atom stereocenters. The molecule has 3 aromatic carbocycles. The highest BCUT2D eigenvalue weighted by atomic mass is 16.6. The molecule has 0 aromatic heterocycles. The Hall–Kier alpha value is -4.20. The standard InChI is InChI=1S/C26H27N3O5/c1-3-28(4-2)26(31)20-10-12-22(13-11-20)27-25(30)18-34-24-15-14-23(29(32)33)17-21(24)16-19-8-6-5-7-9-19/h5-15,17H,3-4,16,18H2,1-2H3,(H,27,30). The van der Waals surface area contributed by atoms with Gasteiger partial charge in [0.15, 0.2) is 6.61 Å². The van der Waals surface area contributed by atoms with Crippen molar-refractivity contribution in [1.82, 2.24) is 4.90 Å². The molecule has 0 saturated carbocycles. The number of nitrogens with one attached hydrogen (secondary N) is 1. The van der Waals surface area contributed by atoms with Crippen LogP contribution in [0.25, 0.3) is 0 Å². The number of hydrogen-bond donors (Lipinski definition) is 1. The fourth-order valence-corrected chi connectivity index (χ4v) is 3.50. The molecule has 8 heteroatoms. The minimum absolute atomic E-state index is 0.0397. The summed E-state index contributed by atoms with van der Waals surface area (Å²) in [6.07, 6.45) is 0.432. The monoisotopic (exact) mass is 461 g/mol. The van der Waals surface area contributed by atoms with Crippen LogP contribution in [-0.4, -0.2) is 41.3 Å². The van der Waals surface area contributed by atoms with Crippen LogP contribution in [0.1, 0.15) is 35.3 Å². The summed E-state index contributed by atoms with van der Waals surface area (Å²) in [5.74, 6) is -0.0352. The van der Waals surface area contributed by atoms with E-state index in [1.807, 2.05) is 44.2 Å². The highest BCUT2D eigenvalue weighted by Crippen LogP contribution is 2.27. The molecule has 0 heterocycles. The van der Waals surface area contributed by atoms with E-state index in [-0.39, 0.29) is 24.1 Å². The molecule has 3 aromatic rings. The molecular weight excluding hydrogens is 434 g/mol. The Morgan fingerprint density at radius 1 is 0.971 bits per heavy atom. The highest BCUT2D eigenvalue weighted by Gasteiger charge is 2.15. The average Bonchev–Trinajstić information content (AvgIpc) is 2.85. The van der Waals surface area contributed by atoms with Crippen molar-refractivity contribution in [2.24, 2.45) is 0 Å². The number of hydrogen-bond acceptors (Lipinski definition) is 5. The van der Waals surface area contributed by atoms with Crippen molar-refractivity contribution in [3.63, 3.8) is 0 Å². The third-order valence-corrected chi connectivity index (χ3v) is 5.32. The lowest BCUT2D eigenvalue weighted by atomic mass is 10.0. The largest absolute Gasteiger partial charge is 0.483 e. The molecule has 34 heavy (non-hydrogen) atoms. The molecule has 0 radical (unpaired) electrons. The van der Waals surface area contributed by atoms with Crippen molar-refractivity contribution < 1.29 is 19.2 Å². The maximum absolute atomic E-state index is 12.4. The molecule has 0 spiro atoms. The fourth-order valence-electron chi connectivity index (χ4n) is 3.50. The number of anilines is 1. The van der Waals surface area contributed by atoms with Gasteiger partial charge in [-0.15, -0.1) is 0 Å². The topological polar surface area (TPSA) is 102 Å². The molecule has 0 fully saturated rings. The van der Waals surface area contributed by atoms with E-state index in [4.69, 9.17) is 4.74 Å². The number of rotatable bonds is 10. The minimum atomic E-state index is -0.459. The van der Waals surface area contributed by atoms with E-state index in [9.17, 15) is 19.7 Å². The fraction of sp³-hybridized carbons (Fsp3) is 0.231. The van der Waals surface area contributed by atoms with Gasteiger partial charge in [-0.2, -0.15) is 0 Å². The summed E-state index contributed by atoms with van der Waals surface area (Å²) in [5, 5.41) is 13.9. The molecule has 1 N–H and O–H groups in total. The average molecular weight is 462 g/mol. The number of non-ortho nitro benzene ring substituents is 1. The van der Waals surface area contributed by atoms with Gasteiger partial charge in [-0.05, 0) is 49.7 Å². The van der Waals surface area contributed by atoms with E-state index in [0.717, 1.165) is 5.56 Å². The first-order chi connectivity index (χ1) is 16.4. The number of carbonyl (C=O) groups excluding carboxylic acids is 2. The highest BCUT2D eigenvalue weighted by molar-refractivity contribution is 5.96. The van der Waals surface area contributed by atoms with Crippen LogP contribution in [0, 0.1) is 10.1 Å². The third kappa shape index (κ3) is 6.41. The molecule has 176 valence electrons. The van der Waals surface area contributed by atoms with E-state index in [1.54, 1.807) is 29.2 Å². The molecule has 0 aliphatic heterocycles. The van der Waals surface area contributed by atoms with Gasteiger partial charge in [0.1, 0.15) is 5.75 Å². The number of nitro benzene ring substituents is 1. The summed E-state index contributed by atoms with van der Waals surface area (Å²) >= 11 is 0. The zero-order valence-electron chi connectivity index (χ0n) is 19.2. The van der Waals surface area contributed by atoms with Crippen molar-refractivity contribution in [2.75, 3.05) is 25.0 Å². The van der Waals surface area contributed by atoms with Crippen LogP contribution in [0.5, 0.6) is 5.75 Å². The molecule has 3 rings (SSSR count). The number of amides is 2. The second-order valence-electron chi connectivity index (χ2n) is 7.60. The van der Waals surface area contributed by atoms with Crippen molar-refractivity contribution in [3.8, 4) is 5.75 Å². The van der Waals surface area contributed by atoms with Crippen LogP contribution in [-0.2, 0) is 11.2 Å². The van der Waals surface area contributed by atoms with Crippen molar-refractivity contribution >= 4 is 23.2 Å². The summed E-state index contributed by atoms with van der Waals surface area (Å²) in [4.78, 5) is 37.3. The minimum Gasteiger partial charge on any atom is -0.483 e. The van der Waals surface area contributed by atoms with Gasteiger partial charge >= 0.3 is 0 Å². The summed E-state index contributed by atoms with van der Waals surface area (Å²) in [5.41, 5.74) is 2.64. The Morgan fingerprint density at radius 3 is 2.26 bits per heavy atom. The number of benzene rings is 3. The van der Waals surface area contributed by atoms with Gasteiger partial charge in [0, 0.05) is 48.5 Å². The van der Waals surface area contributed by atoms with Gasteiger partial charge in [0.25, 0.3) is 17.5 Å². The van der Waals surface area contributed by atoms with Crippen LogP contribution in [0.3, 0.4) is 0 Å². The van der Waals surface area contributed by atoms with E-state index in [2.05, 4.69) is 5.32 Å². The van der Waals surface area contributed by atoms with Crippen molar-refractivity contribution in [2.45, 2.75) is 20.3 Å². The van der Waals surface area contributed by atoms with Gasteiger partial charge in [-0.3, -0.25) is 19.7 Å². The Bertz CT molecular complexity index is 1140. The first-order valence-corrected chi connectivity index (χ1v) is 11.0. The van der Waals surface area contributed by atoms with Gasteiger partial charge in [-0.25, -0.2) is 0 Å². The smallest absolute Gasteiger partial charge is 0.269 e. The molecule has 2 amide bonds. The first kappa shape index (κ1) is 24.4. The summed E-state index contributed by atoms with van der Waals surface area (Å²) < 4.78 is 5.71.